The molecule has 1 fully saturated rings. The van der Waals surface area contributed by atoms with Crippen molar-refractivity contribution < 1.29 is 23.5 Å². The fourth-order valence-corrected chi connectivity index (χ4v) is 5.80. The zero-order chi connectivity index (χ0) is 26.1. The fourth-order valence-electron chi connectivity index (χ4n) is 5.80. The summed E-state index contributed by atoms with van der Waals surface area (Å²) in [6, 6.07) is 10.3. The Morgan fingerprint density at radius 2 is 2.03 bits per heavy atom. The van der Waals surface area contributed by atoms with Gasteiger partial charge in [0.05, 0.1) is 18.4 Å². The molecule has 0 saturated heterocycles. The third-order valence-electron chi connectivity index (χ3n) is 7.55. The van der Waals surface area contributed by atoms with E-state index in [1.807, 2.05) is 31.2 Å². The van der Waals surface area contributed by atoms with Crippen molar-refractivity contribution in [3.05, 3.63) is 60.2 Å². The Morgan fingerprint density at radius 1 is 1.22 bits per heavy atom. The van der Waals surface area contributed by atoms with Gasteiger partial charge in [0, 0.05) is 37.6 Å². The number of allylic oxidation sites excluding steroid dienone is 1. The highest BCUT2D eigenvalue weighted by atomic mass is 19.1. The number of pyridine rings is 1. The van der Waals surface area contributed by atoms with Crippen LogP contribution in [0.4, 0.5) is 4.39 Å². The van der Waals surface area contributed by atoms with Gasteiger partial charge in [0.15, 0.2) is 0 Å². The topological polar surface area (TPSA) is 65.5 Å². The number of ether oxygens (including phenoxy) is 2. The molecule has 36 heavy (non-hydrogen) atoms. The second-order valence-corrected chi connectivity index (χ2v) is 9.81. The van der Waals surface area contributed by atoms with Crippen LogP contribution in [0.25, 0.3) is 17.2 Å². The molecule has 1 aromatic carbocycles. The first-order valence-corrected chi connectivity index (χ1v) is 12.9. The van der Waals surface area contributed by atoms with Crippen LogP contribution in [0.1, 0.15) is 52.1 Å². The standard InChI is InChI=1S/C30H38FNO4/c1-5-7-28-23(14-15-36-21(3)34)16-25(19-33)30(20(2)35-4)29(28)13-12-27-11-10-24(18-32-27)22-8-6-9-26(31)17-22/h6,8-13,17-20,23,25,28-30H,5,7,14-16H2,1-4H3/b13-12+. The second kappa shape index (κ2) is 13.4. The average molecular weight is 496 g/mol. The van der Waals surface area contributed by atoms with Gasteiger partial charge in [-0.3, -0.25) is 9.78 Å². The van der Waals surface area contributed by atoms with Crippen molar-refractivity contribution in [2.24, 2.45) is 29.6 Å². The zero-order valence-corrected chi connectivity index (χ0v) is 21.7. The maximum atomic E-state index is 13.6. The number of methoxy groups -OCH3 is 1. The van der Waals surface area contributed by atoms with Crippen LogP contribution in [0.3, 0.4) is 0 Å². The fraction of sp³-hybridized carbons (Fsp3) is 0.500. The Labute approximate surface area is 214 Å². The van der Waals surface area contributed by atoms with E-state index in [-0.39, 0.29) is 41.6 Å². The lowest BCUT2D eigenvalue weighted by molar-refractivity contribution is -0.142. The third kappa shape index (κ3) is 7.10. The summed E-state index contributed by atoms with van der Waals surface area (Å²) in [6.45, 7) is 6.01. The van der Waals surface area contributed by atoms with Crippen LogP contribution in [0.2, 0.25) is 0 Å². The Morgan fingerprint density at radius 3 is 2.64 bits per heavy atom. The second-order valence-electron chi connectivity index (χ2n) is 9.81. The summed E-state index contributed by atoms with van der Waals surface area (Å²) in [5.74, 6) is 0.105. The van der Waals surface area contributed by atoms with Gasteiger partial charge in [-0.15, -0.1) is 0 Å². The van der Waals surface area contributed by atoms with Gasteiger partial charge in [0.25, 0.3) is 0 Å². The summed E-state index contributed by atoms with van der Waals surface area (Å²) in [7, 11) is 1.70. The van der Waals surface area contributed by atoms with Crippen LogP contribution >= 0.6 is 0 Å². The maximum Gasteiger partial charge on any atom is 0.302 e. The van der Waals surface area contributed by atoms with Crippen molar-refractivity contribution in [2.45, 2.75) is 52.6 Å². The van der Waals surface area contributed by atoms with Gasteiger partial charge in [0.2, 0.25) is 0 Å². The van der Waals surface area contributed by atoms with Crippen LogP contribution in [0.5, 0.6) is 0 Å². The van der Waals surface area contributed by atoms with Crippen molar-refractivity contribution in [3.8, 4) is 11.1 Å². The van der Waals surface area contributed by atoms with E-state index in [1.54, 1.807) is 19.4 Å². The minimum absolute atomic E-state index is 0.0526. The molecule has 0 radical (unpaired) electrons. The Balaban J connectivity index is 1.88. The van der Waals surface area contributed by atoms with Gasteiger partial charge < -0.3 is 14.3 Å². The Hall–Kier alpha value is -2.86. The van der Waals surface area contributed by atoms with Crippen LogP contribution in [0, 0.1) is 35.4 Å². The third-order valence-corrected chi connectivity index (χ3v) is 7.55. The summed E-state index contributed by atoms with van der Waals surface area (Å²) in [6.07, 6.45) is 10.5. The molecule has 194 valence electrons. The lowest BCUT2D eigenvalue weighted by atomic mass is 9.59. The number of esters is 1. The van der Waals surface area contributed by atoms with E-state index < -0.39 is 0 Å². The van der Waals surface area contributed by atoms with E-state index in [2.05, 4.69) is 18.0 Å². The number of halogens is 1. The monoisotopic (exact) mass is 495 g/mol. The molecule has 0 amide bonds. The highest BCUT2D eigenvalue weighted by molar-refractivity contribution is 5.66. The van der Waals surface area contributed by atoms with Crippen LogP contribution in [-0.4, -0.2) is 37.1 Å². The number of carbonyl (C=O) groups excluding carboxylic acids is 2. The summed E-state index contributed by atoms with van der Waals surface area (Å²) >= 11 is 0. The van der Waals surface area contributed by atoms with E-state index >= 15 is 0 Å². The summed E-state index contributed by atoms with van der Waals surface area (Å²) in [5.41, 5.74) is 2.44. The Bertz CT molecular complexity index is 1020. The molecule has 2 aromatic rings. The number of aromatic nitrogens is 1. The molecule has 1 aromatic heterocycles. The molecule has 5 nitrogen and oxygen atoms in total. The largest absolute Gasteiger partial charge is 0.466 e. The molecule has 0 N–H and O–H groups in total. The molecule has 3 rings (SSSR count). The van der Waals surface area contributed by atoms with Crippen LogP contribution in [0.15, 0.2) is 48.7 Å². The predicted molar refractivity (Wildman–Crippen MR) is 139 cm³/mol. The highest BCUT2D eigenvalue weighted by Gasteiger charge is 2.45. The van der Waals surface area contributed by atoms with E-state index in [0.29, 0.717) is 12.5 Å². The highest BCUT2D eigenvalue weighted by Crippen LogP contribution is 2.48. The summed E-state index contributed by atoms with van der Waals surface area (Å²) in [5, 5.41) is 0. The molecular formula is C30H38FNO4. The molecule has 0 spiro atoms. The Kier molecular flexibility index (Phi) is 10.4. The summed E-state index contributed by atoms with van der Waals surface area (Å²) in [4.78, 5) is 28.1. The number of carbonyl (C=O) groups is 2. The van der Waals surface area contributed by atoms with Crippen molar-refractivity contribution >= 4 is 18.3 Å². The van der Waals surface area contributed by atoms with E-state index in [0.717, 1.165) is 48.8 Å². The molecule has 6 atom stereocenters. The summed E-state index contributed by atoms with van der Waals surface area (Å²) < 4.78 is 24.6. The molecule has 1 heterocycles. The van der Waals surface area contributed by atoms with Crippen LogP contribution in [-0.2, 0) is 19.1 Å². The average Bonchev–Trinajstić information content (AvgIpc) is 2.88. The van der Waals surface area contributed by atoms with Gasteiger partial charge in [-0.25, -0.2) is 4.39 Å². The molecule has 0 aliphatic heterocycles. The van der Waals surface area contributed by atoms with E-state index in [9.17, 15) is 14.0 Å². The first-order chi connectivity index (χ1) is 17.4. The molecule has 1 saturated carbocycles. The minimum atomic E-state index is -0.278. The molecule has 0 bridgehead atoms. The van der Waals surface area contributed by atoms with Gasteiger partial charge in [-0.2, -0.15) is 0 Å². The lowest BCUT2D eigenvalue weighted by Gasteiger charge is -2.47. The number of aldehydes is 1. The quantitative estimate of drug-likeness (QED) is 0.268. The number of nitrogens with zero attached hydrogens (tertiary/aromatic N) is 1. The van der Waals surface area contributed by atoms with Crippen molar-refractivity contribution in [2.75, 3.05) is 13.7 Å². The maximum absolute atomic E-state index is 13.6. The van der Waals surface area contributed by atoms with E-state index in [1.165, 1.54) is 19.1 Å². The number of rotatable bonds is 11. The van der Waals surface area contributed by atoms with Gasteiger partial charge in [-0.1, -0.05) is 37.6 Å². The lowest BCUT2D eigenvalue weighted by Crippen LogP contribution is -2.45. The normalized spacial score (nSPS) is 25.0. The van der Waals surface area contributed by atoms with Gasteiger partial charge in [-0.05, 0) is 73.8 Å². The first-order valence-electron chi connectivity index (χ1n) is 12.9. The smallest absolute Gasteiger partial charge is 0.302 e. The van der Waals surface area contributed by atoms with Gasteiger partial charge >= 0.3 is 5.97 Å². The molecule has 6 heteroatoms. The molecular weight excluding hydrogens is 457 g/mol. The number of benzene rings is 1. The molecule has 6 unspecified atom stereocenters. The van der Waals surface area contributed by atoms with Gasteiger partial charge in [0.1, 0.15) is 12.1 Å². The SMILES string of the molecule is CCCC1C(CCOC(C)=O)CC(C=O)C(C(C)OC)C1/C=C/c1ccc(-c2cccc(F)c2)cn1. The van der Waals surface area contributed by atoms with E-state index in [4.69, 9.17) is 9.47 Å². The zero-order valence-electron chi connectivity index (χ0n) is 21.7. The van der Waals surface area contributed by atoms with Crippen molar-refractivity contribution in [1.82, 2.24) is 4.98 Å². The number of hydrogen-bond donors (Lipinski definition) is 0. The van der Waals surface area contributed by atoms with Crippen LogP contribution < -0.4 is 0 Å². The first kappa shape index (κ1) is 27.7. The predicted octanol–water partition coefficient (Wildman–Crippen LogP) is 6.37. The molecule has 1 aliphatic carbocycles. The van der Waals surface area contributed by atoms with Crippen molar-refractivity contribution in [3.63, 3.8) is 0 Å². The molecule has 1 aliphatic rings. The number of hydrogen-bond acceptors (Lipinski definition) is 5. The minimum Gasteiger partial charge on any atom is -0.466 e. The van der Waals surface area contributed by atoms with Crippen molar-refractivity contribution in [1.29, 1.82) is 0 Å².